The highest BCUT2D eigenvalue weighted by atomic mass is 19.4. The first-order valence-electron chi connectivity index (χ1n) is 14.3. The summed E-state index contributed by atoms with van der Waals surface area (Å²) in [4.78, 5) is 30.3. The minimum absolute atomic E-state index is 0.0434. The Kier molecular flexibility index (Phi) is 11.2. The molecule has 0 atom stereocenters. The first kappa shape index (κ1) is 34.9. The Morgan fingerprint density at radius 3 is 2.15 bits per heavy atom. The van der Waals surface area contributed by atoms with E-state index < -0.39 is 23.9 Å². The topological polar surface area (TPSA) is 123 Å². The van der Waals surface area contributed by atoms with Crippen LogP contribution in [0.15, 0.2) is 67.0 Å². The molecule has 1 aliphatic rings. The highest BCUT2D eigenvalue weighted by molar-refractivity contribution is 5.95. The summed E-state index contributed by atoms with van der Waals surface area (Å²) in [5.41, 5.74) is 2.55. The van der Waals surface area contributed by atoms with Gasteiger partial charge in [-0.3, -0.25) is 4.79 Å². The van der Waals surface area contributed by atoms with Gasteiger partial charge in [0.1, 0.15) is 6.33 Å². The number of ether oxygens (including phenoxy) is 2. The summed E-state index contributed by atoms with van der Waals surface area (Å²) in [5, 5.41) is 14.1. The smallest absolute Gasteiger partial charge is 0.490 e. The molecule has 15 heteroatoms. The zero-order valence-electron chi connectivity index (χ0n) is 24.9. The van der Waals surface area contributed by atoms with Gasteiger partial charge in [-0.25, -0.2) is 14.8 Å². The maximum atomic E-state index is 12.8. The van der Waals surface area contributed by atoms with Crippen LogP contribution in [0.5, 0.6) is 11.5 Å². The average molecular weight is 665 g/mol. The van der Waals surface area contributed by atoms with E-state index in [-0.39, 0.29) is 12.3 Å². The van der Waals surface area contributed by atoms with Gasteiger partial charge >= 0.3 is 18.3 Å². The van der Waals surface area contributed by atoms with Crippen LogP contribution in [0.3, 0.4) is 0 Å². The Morgan fingerprint density at radius 2 is 1.57 bits per heavy atom. The lowest BCUT2D eigenvalue weighted by Gasteiger charge is -2.23. The van der Waals surface area contributed by atoms with E-state index >= 15 is 0 Å². The molecule has 0 unspecified atom stereocenters. The lowest BCUT2D eigenvalue weighted by atomic mass is 9.99. The summed E-state index contributed by atoms with van der Waals surface area (Å²) >= 11 is 0. The molecule has 0 bridgehead atoms. The van der Waals surface area contributed by atoms with Crippen molar-refractivity contribution in [3.63, 3.8) is 0 Å². The molecular formula is C32H30F6N4O5. The number of halogens is 6. The SMILES string of the molecule is COc1cc2c(-c3ccc(NC(=O)Cc4ccc(C(F)(F)F)cc4)cc3)ncnc2cc1OCC1CCNCC1.O=C(O)C(F)(F)F. The van der Waals surface area contributed by atoms with E-state index in [2.05, 4.69) is 20.6 Å². The van der Waals surface area contributed by atoms with Gasteiger partial charge in [0.05, 0.1) is 36.9 Å². The van der Waals surface area contributed by atoms with Gasteiger partial charge in [-0.05, 0) is 67.7 Å². The molecule has 0 saturated carbocycles. The number of carboxylic acid groups (broad SMARTS) is 1. The Hall–Kier alpha value is -4.92. The molecule has 2 heterocycles. The van der Waals surface area contributed by atoms with Crippen molar-refractivity contribution < 1.29 is 50.5 Å². The minimum atomic E-state index is -5.08. The molecular weight excluding hydrogens is 634 g/mol. The van der Waals surface area contributed by atoms with Crippen molar-refractivity contribution in [2.45, 2.75) is 31.6 Å². The molecule has 0 spiro atoms. The second-order valence-electron chi connectivity index (χ2n) is 10.5. The maximum Gasteiger partial charge on any atom is 0.490 e. The van der Waals surface area contributed by atoms with Gasteiger partial charge in [-0.2, -0.15) is 26.3 Å². The van der Waals surface area contributed by atoms with E-state index in [4.69, 9.17) is 19.4 Å². The van der Waals surface area contributed by atoms with Crippen LogP contribution in [0.2, 0.25) is 0 Å². The highest BCUT2D eigenvalue weighted by Crippen LogP contribution is 2.36. The first-order valence-corrected chi connectivity index (χ1v) is 14.3. The van der Waals surface area contributed by atoms with Gasteiger partial charge in [0.2, 0.25) is 5.91 Å². The van der Waals surface area contributed by atoms with E-state index in [0.29, 0.717) is 41.0 Å². The average Bonchev–Trinajstić information content (AvgIpc) is 3.03. The van der Waals surface area contributed by atoms with E-state index in [1.54, 1.807) is 19.2 Å². The zero-order chi connectivity index (χ0) is 34.2. The Labute approximate surface area is 264 Å². The molecule has 3 N–H and O–H groups in total. The molecule has 5 rings (SSSR count). The van der Waals surface area contributed by atoms with E-state index in [1.807, 2.05) is 24.3 Å². The van der Waals surface area contributed by atoms with Crippen LogP contribution in [0, 0.1) is 5.92 Å². The number of alkyl halides is 6. The third kappa shape index (κ3) is 9.78. The summed E-state index contributed by atoms with van der Waals surface area (Å²) in [7, 11) is 1.60. The number of amides is 1. The number of fused-ring (bicyclic) bond motifs is 1. The number of carboxylic acids is 1. The molecule has 47 heavy (non-hydrogen) atoms. The molecule has 1 aliphatic heterocycles. The number of hydrogen-bond acceptors (Lipinski definition) is 7. The zero-order valence-corrected chi connectivity index (χ0v) is 24.9. The summed E-state index contributed by atoms with van der Waals surface area (Å²) in [6, 6.07) is 15.5. The normalized spacial score (nSPS) is 13.8. The van der Waals surface area contributed by atoms with Gasteiger partial charge in [0, 0.05) is 22.7 Å². The fourth-order valence-electron chi connectivity index (χ4n) is 4.74. The molecule has 9 nitrogen and oxygen atoms in total. The highest BCUT2D eigenvalue weighted by Gasteiger charge is 2.38. The van der Waals surface area contributed by atoms with Crippen molar-refractivity contribution in [1.82, 2.24) is 15.3 Å². The number of benzene rings is 3. The monoisotopic (exact) mass is 664 g/mol. The van der Waals surface area contributed by atoms with Gasteiger partial charge in [-0.1, -0.05) is 24.3 Å². The number of methoxy groups -OCH3 is 1. The molecule has 3 aromatic carbocycles. The van der Waals surface area contributed by atoms with Crippen LogP contribution in [-0.4, -0.2) is 59.9 Å². The van der Waals surface area contributed by atoms with E-state index in [1.165, 1.54) is 18.5 Å². The number of carbonyl (C=O) groups is 2. The number of nitrogens with zero attached hydrogens (tertiary/aromatic N) is 2. The van der Waals surface area contributed by atoms with Crippen molar-refractivity contribution in [2.75, 3.05) is 32.1 Å². The second kappa shape index (κ2) is 15.1. The van der Waals surface area contributed by atoms with Gasteiger partial charge < -0.3 is 25.2 Å². The minimum Gasteiger partial charge on any atom is -0.493 e. The number of piperidine rings is 1. The summed E-state index contributed by atoms with van der Waals surface area (Å²) in [5.74, 6) is -1.35. The fourth-order valence-corrected chi connectivity index (χ4v) is 4.74. The van der Waals surface area contributed by atoms with Crippen molar-refractivity contribution in [3.05, 3.63) is 78.1 Å². The van der Waals surface area contributed by atoms with Crippen LogP contribution in [0.25, 0.3) is 22.2 Å². The van der Waals surface area contributed by atoms with E-state index in [9.17, 15) is 31.1 Å². The van der Waals surface area contributed by atoms with Crippen molar-refractivity contribution in [1.29, 1.82) is 0 Å². The number of anilines is 1. The largest absolute Gasteiger partial charge is 0.493 e. The number of aromatic nitrogens is 2. The molecule has 1 fully saturated rings. The van der Waals surface area contributed by atoms with Crippen LogP contribution >= 0.6 is 0 Å². The molecule has 1 amide bonds. The van der Waals surface area contributed by atoms with Crippen molar-refractivity contribution in [3.8, 4) is 22.8 Å². The van der Waals surface area contributed by atoms with Crippen LogP contribution in [-0.2, 0) is 22.2 Å². The first-order chi connectivity index (χ1) is 22.2. The standard InChI is InChI=1S/C30H29F3N4O3.C2HF3O2/c1-39-26-15-24-25(16-27(26)40-17-20-10-12-34-13-11-20)35-18-36-29(24)21-4-8-23(9-5-21)37-28(38)14-19-2-6-22(7-3-19)30(31,32)33;3-2(4,5)1(6)7/h2-9,15-16,18,20,34H,10-14,17H2,1H3,(H,37,38);(H,6,7). The lowest BCUT2D eigenvalue weighted by Crippen LogP contribution is -2.30. The van der Waals surface area contributed by atoms with E-state index in [0.717, 1.165) is 54.5 Å². The van der Waals surface area contributed by atoms with Crippen molar-refractivity contribution in [2.24, 2.45) is 5.92 Å². The fraction of sp³-hybridized carbons (Fsp3) is 0.312. The number of rotatable bonds is 8. The number of nitrogens with one attached hydrogen (secondary N) is 2. The quantitative estimate of drug-likeness (QED) is 0.182. The molecule has 4 aromatic rings. The van der Waals surface area contributed by atoms with Crippen LogP contribution < -0.4 is 20.1 Å². The third-order valence-electron chi connectivity index (χ3n) is 7.18. The van der Waals surface area contributed by atoms with Crippen molar-refractivity contribution >= 4 is 28.5 Å². The predicted octanol–water partition coefficient (Wildman–Crippen LogP) is 6.52. The van der Waals surface area contributed by atoms with Gasteiger partial charge in [0.15, 0.2) is 11.5 Å². The Morgan fingerprint density at radius 1 is 0.936 bits per heavy atom. The summed E-state index contributed by atoms with van der Waals surface area (Å²) in [6.45, 7) is 2.62. The molecule has 250 valence electrons. The molecule has 1 saturated heterocycles. The van der Waals surface area contributed by atoms with Crippen LogP contribution in [0.4, 0.5) is 32.0 Å². The molecule has 0 aliphatic carbocycles. The third-order valence-corrected chi connectivity index (χ3v) is 7.18. The second-order valence-corrected chi connectivity index (χ2v) is 10.5. The number of carbonyl (C=O) groups excluding carboxylic acids is 1. The number of aliphatic carboxylic acids is 1. The van der Waals surface area contributed by atoms with Gasteiger partial charge in [0.25, 0.3) is 0 Å². The lowest BCUT2D eigenvalue weighted by molar-refractivity contribution is -0.192. The Bertz CT molecular complexity index is 1670. The Balaban J connectivity index is 0.000000644. The maximum absolute atomic E-state index is 12.8. The summed E-state index contributed by atoms with van der Waals surface area (Å²) < 4.78 is 81.8. The molecule has 0 radical (unpaired) electrons. The predicted molar refractivity (Wildman–Crippen MR) is 160 cm³/mol. The number of hydrogen-bond donors (Lipinski definition) is 3. The molecule has 1 aromatic heterocycles. The van der Waals surface area contributed by atoms with Gasteiger partial charge in [-0.15, -0.1) is 0 Å². The van der Waals surface area contributed by atoms with Crippen LogP contribution in [0.1, 0.15) is 24.0 Å². The summed E-state index contributed by atoms with van der Waals surface area (Å²) in [6.07, 6.45) is -5.88.